The van der Waals surface area contributed by atoms with Gasteiger partial charge in [0.1, 0.15) is 5.75 Å². The van der Waals surface area contributed by atoms with Gasteiger partial charge in [0.05, 0.1) is 0 Å². The summed E-state index contributed by atoms with van der Waals surface area (Å²) in [6.45, 7) is 4.13. The zero-order valence-corrected chi connectivity index (χ0v) is 11.8. The number of phenolic OH excluding ortho intramolecular Hbond substituents is 1. The molecule has 1 aromatic rings. The number of hydrogen-bond acceptors (Lipinski definition) is 1. The molecular weight excluding hydrogens is 220 g/mol. The molecule has 1 aromatic carbocycles. The van der Waals surface area contributed by atoms with Crippen LogP contribution in [0.1, 0.15) is 61.6 Å². The summed E-state index contributed by atoms with van der Waals surface area (Å²) >= 11 is 0. The summed E-state index contributed by atoms with van der Waals surface area (Å²) in [5.74, 6) is 1.49. The topological polar surface area (TPSA) is 20.2 Å². The van der Waals surface area contributed by atoms with Crippen molar-refractivity contribution in [1.29, 1.82) is 0 Å². The number of hydrogen-bond donors (Lipinski definition) is 1. The summed E-state index contributed by atoms with van der Waals surface area (Å²) in [5.41, 5.74) is 3.73. The minimum atomic E-state index is 0.432. The molecule has 1 aliphatic rings. The second kappa shape index (κ2) is 6.26. The molecule has 0 bridgehead atoms. The van der Waals surface area contributed by atoms with Crippen LogP contribution in [0.25, 0.3) is 0 Å². The van der Waals surface area contributed by atoms with E-state index in [4.69, 9.17) is 0 Å². The summed E-state index contributed by atoms with van der Waals surface area (Å²) < 4.78 is 0. The van der Waals surface area contributed by atoms with Crippen LogP contribution < -0.4 is 0 Å². The second-order valence-corrected chi connectivity index (χ2v) is 5.89. The number of aromatic hydroxyl groups is 1. The van der Waals surface area contributed by atoms with Crippen molar-refractivity contribution >= 4 is 0 Å². The van der Waals surface area contributed by atoms with Crippen LogP contribution in [0.4, 0.5) is 0 Å². The lowest BCUT2D eigenvalue weighted by atomic mass is 9.81. The molecule has 0 amide bonds. The Morgan fingerprint density at radius 3 is 2.50 bits per heavy atom. The van der Waals surface area contributed by atoms with Gasteiger partial charge in [0.15, 0.2) is 0 Å². The average molecular weight is 246 g/mol. The van der Waals surface area contributed by atoms with Gasteiger partial charge >= 0.3 is 0 Å². The molecule has 0 radical (unpaired) electrons. The lowest BCUT2D eigenvalue weighted by Crippen LogP contribution is -2.10. The monoisotopic (exact) mass is 246 g/mol. The Balaban J connectivity index is 1.71. The van der Waals surface area contributed by atoms with Gasteiger partial charge in [-0.2, -0.15) is 0 Å². The van der Waals surface area contributed by atoms with E-state index in [-0.39, 0.29) is 0 Å². The fourth-order valence-electron chi connectivity index (χ4n) is 2.84. The molecule has 1 heteroatoms. The zero-order chi connectivity index (χ0) is 13.0. The number of unbranched alkanes of at least 4 members (excludes halogenated alkanes) is 2. The average Bonchev–Trinajstić information content (AvgIpc) is 2.31. The summed E-state index contributed by atoms with van der Waals surface area (Å²) in [5, 5.41) is 9.63. The molecule has 0 spiro atoms. The third kappa shape index (κ3) is 3.28. The molecule has 1 N–H and O–H groups in total. The molecule has 0 aromatic heterocycles. The van der Waals surface area contributed by atoms with E-state index in [9.17, 15) is 5.11 Å². The fraction of sp³-hybridized carbons (Fsp3) is 0.647. The Labute approximate surface area is 111 Å². The van der Waals surface area contributed by atoms with E-state index in [1.165, 1.54) is 56.1 Å². The van der Waals surface area contributed by atoms with Crippen LogP contribution in [-0.2, 0) is 6.42 Å². The molecule has 0 saturated heterocycles. The molecule has 0 heterocycles. The lowest BCUT2D eigenvalue weighted by molar-refractivity contribution is 0.287. The van der Waals surface area contributed by atoms with Crippen molar-refractivity contribution in [3.05, 3.63) is 28.8 Å². The van der Waals surface area contributed by atoms with Gasteiger partial charge in [0.25, 0.3) is 0 Å². The molecule has 2 rings (SSSR count). The Kier molecular flexibility index (Phi) is 4.68. The molecular formula is C17H26O. The van der Waals surface area contributed by atoms with Crippen LogP contribution in [0.5, 0.6) is 5.75 Å². The summed E-state index contributed by atoms with van der Waals surface area (Å²) in [6.07, 6.45) is 11.1. The van der Waals surface area contributed by atoms with E-state index >= 15 is 0 Å². The molecule has 0 aliphatic heterocycles. The first-order valence-corrected chi connectivity index (χ1v) is 7.46. The molecule has 1 nitrogen and oxygen atoms in total. The summed E-state index contributed by atoms with van der Waals surface area (Å²) in [6, 6.07) is 3.93. The minimum absolute atomic E-state index is 0.432. The van der Waals surface area contributed by atoms with Crippen molar-refractivity contribution in [3.63, 3.8) is 0 Å². The first-order valence-electron chi connectivity index (χ1n) is 7.46. The maximum Gasteiger partial charge on any atom is 0.118 e. The molecule has 100 valence electrons. The van der Waals surface area contributed by atoms with Crippen LogP contribution in [0.3, 0.4) is 0 Å². The minimum Gasteiger partial charge on any atom is -0.508 e. The van der Waals surface area contributed by atoms with E-state index in [0.717, 1.165) is 17.9 Å². The van der Waals surface area contributed by atoms with Gasteiger partial charge in [-0.3, -0.25) is 0 Å². The van der Waals surface area contributed by atoms with Crippen LogP contribution in [0.2, 0.25) is 0 Å². The smallest absolute Gasteiger partial charge is 0.118 e. The first-order chi connectivity index (χ1) is 8.68. The van der Waals surface area contributed by atoms with Crippen molar-refractivity contribution in [2.75, 3.05) is 0 Å². The van der Waals surface area contributed by atoms with E-state index in [2.05, 4.69) is 13.0 Å². The van der Waals surface area contributed by atoms with Crippen LogP contribution >= 0.6 is 0 Å². The number of rotatable bonds is 6. The number of benzene rings is 1. The number of aryl methyl sites for hydroxylation is 1. The number of phenols is 1. The van der Waals surface area contributed by atoms with Crippen molar-refractivity contribution in [1.82, 2.24) is 0 Å². The van der Waals surface area contributed by atoms with Crippen molar-refractivity contribution < 1.29 is 5.11 Å². The SMILES string of the molecule is Cc1c(O)ccc(CCCCCC2CCC2)c1C. The predicted octanol–water partition coefficient (Wildman–Crippen LogP) is 4.91. The maximum absolute atomic E-state index is 9.63. The fourth-order valence-corrected chi connectivity index (χ4v) is 2.84. The standard InChI is InChI=1S/C17H26O/c1-13-14(2)17(18)12-11-16(13)10-5-3-4-7-15-8-6-9-15/h11-12,15,18H,3-10H2,1-2H3. The molecule has 0 unspecified atom stereocenters. The van der Waals surface area contributed by atoms with Gasteiger partial charge in [-0.1, -0.05) is 44.6 Å². The summed E-state index contributed by atoms with van der Waals surface area (Å²) in [7, 11) is 0. The zero-order valence-electron chi connectivity index (χ0n) is 11.8. The highest BCUT2D eigenvalue weighted by Gasteiger charge is 2.16. The highest BCUT2D eigenvalue weighted by molar-refractivity contribution is 5.42. The van der Waals surface area contributed by atoms with Crippen LogP contribution in [0.15, 0.2) is 12.1 Å². The Morgan fingerprint density at radius 2 is 1.83 bits per heavy atom. The normalized spacial score (nSPS) is 15.7. The Hall–Kier alpha value is -0.980. The van der Waals surface area contributed by atoms with Gasteiger partial charge in [0.2, 0.25) is 0 Å². The summed E-state index contributed by atoms with van der Waals surface area (Å²) in [4.78, 5) is 0. The maximum atomic E-state index is 9.63. The molecule has 0 atom stereocenters. The van der Waals surface area contributed by atoms with Gasteiger partial charge in [0, 0.05) is 0 Å². The molecule has 1 fully saturated rings. The lowest BCUT2D eigenvalue weighted by Gasteiger charge is -2.25. The largest absolute Gasteiger partial charge is 0.508 e. The van der Waals surface area contributed by atoms with Gasteiger partial charge in [-0.25, -0.2) is 0 Å². The molecule has 18 heavy (non-hydrogen) atoms. The van der Waals surface area contributed by atoms with Crippen molar-refractivity contribution in [2.45, 2.75) is 65.2 Å². The van der Waals surface area contributed by atoms with E-state index < -0.39 is 0 Å². The van der Waals surface area contributed by atoms with Crippen LogP contribution in [0, 0.1) is 19.8 Å². The first kappa shape index (κ1) is 13.5. The third-order valence-corrected chi connectivity index (χ3v) is 4.65. The predicted molar refractivity (Wildman–Crippen MR) is 77.1 cm³/mol. The van der Waals surface area contributed by atoms with Crippen LogP contribution in [-0.4, -0.2) is 5.11 Å². The van der Waals surface area contributed by atoms with Gasteiger partial charge < -0.3 is 5.11 Å². The second-order valence-electron chi connectivity index (χ2n) is 5.89. The highest BCUT2D eigenvalue weighted by atomic mass is 16.3. The van der Waals surface area contributed by atoms with E-state index in [1.54, 1.807) is 0 Å². The van der Waals surface area contributed by atoms with Gasteiger partial charge in [-0.05, 0) is 55.4 Å². The molecule has 1 aliphatic carbocycles. The van der Waals surface area contributed by atoms with Gasteiger partial charge in [-0.15, -0.1) is 0 Å². The quantitative estimate of drug-likeness (QED) is 0.707. The highest BCUT2D eigenvalue weighted by Crippen LogP contribution is 2.31. The Bertz CT molecular complexity index is 391. The van der Waals surface area contributed by atoms with Crippen molar-refractivity contribution in [2.24, 2.45) is 5.92 Å². The molecule has 1 saturated carbocycles. The van der Waals surface area contributed by atoms with Crippen molar-refractivity contribution in [3.8, 4) is 5.75 Å². The Morgan fingerprint density at radius 1 is 1.06 bits per heavy atom. The third-order valence-electron chi connectivity index (χ3n) is 4.65. The van der Waals surface area contributed by atoms with E-state index in [1.807, 2.05) is 13.0 Å². The van der Waals surface area contributed by atoms with E-state index in [0.29, 0.717) is 5.75 Å².